The second-order valence-corrected chi connectivity index (χ2v) is 5.73. The van der Waals surface area contributed by atoms with E-state index >= 15 is 0 Å². The fourth-order valence-electron chi connectivity index (χ4n) is 2.74. The van der Waals surface area contributed by atoms with Crippen LogP contribution in [0.5, 0.6) is 0 Å². The van der Waals surface area contributed by atoms with E-state index in [-0.39, 0.29) is 11.9 Å². The van der Waals surface area contributed by atoms with Crippen molar-refractivity contribution in [2.24, 2.45) is 0 Å². The third-order valence-electron chi connectivity index (χ3n) is 4.08. The summed E-state index contributed by atoms with van der Waals surface area (Å²) in [5.74, 6) is -0.0713. The Bertz CT molecular complexity index is 427. The number of nitrogens with one attached hydrogen (secondary N) is 1. The fraction of sp³-hybridized carbons (Fsp3) is 0.588. The molecule has 3 nitrogen and oxygen atoms in total. The Labute approximate surface area is 121 Å². The van der Waals surface area contributed by atoms with Gasteiger partial charge in [0.05, 0.1) is 12.1 Å². The summed E-state index contributed by atoms with van der Waals surface area (Å²) >= 11 is 0. The number of hydrogen-bond acceptors (Lipinski definition) is 2. The maximum absolute atomic E-state index is 12.2. The molecule has 1 amide bonds. The van der Waals surface area contributed by atoms with Gasteiger partial charge >= 0.3 is 0 Å². The lowest BCUT2D eigenvalue weighted by Gasteiger charge is -2.28. The van der Waals surface area contributed by atoms with Crippen molar-refractivity contribution in [3.8, 4) is 0 Å². The van der Waals surface area contributed by atoms with Crippen LogP contribution in [0.2, 0.25) is 0 Å². The highest BCUT2D eigenvalue weighted by Crippen LogP contribution is 2.19. The highest BCUT2D eigenvalue weighted by atomic mass is 16.3. The lowest BCUT2D eigenvalue weighted by atomic mass is 9.92. The van der Waals surface area contributed by atoms with Crippen LogP contribution in [0, 0.1) is 0 Å². The molecule has 0 radical (unpaired) electrons. The molecule has 1 fully saturated rings. The van der Waals surface area contributed by atoms with Gasteiger partial charge in [0.25, 0.3) is 5.91 Å². The highest BCUT2D eigenvalue weighted by molar-refractivity contribution is 5.94. The van der Waals surface area contributed by atoms with E-state index in [2.05, 4.69) is 12.2 Å². The quantitative estimate of drug-likeness (QED) is 0.867. The molecule has 2 atom stereocenters. The standard InChI is InChI=1S/C17H25NO2/c1-2-3-6-13-9-11-14(12-10-13)17(20)18-15-7-4-5-8-16(15)19/h9-12,15-16,19H,2-8H2,1H3,(H,18,20)/t15-,16-/m0/s1. The molecule has 0 heterocycles. The van der Waals surface area contributed by atoms with E-state index < -0.39 is 6.10 Å². The van der Waals surface area contributed by atoms with Gasteiger partial charge in [0.15, 0.2) is 0 Å². The molecule has 0 bridgehead atoms. The predicted molar refractivity (Wildman–Crippen MR) is 80.8 cm³/mol. The van der Waals surface area contributed by atoms with Gasteiger partial charge in [-0.25, -0.2) is 0 Å². The van der Waals surface area contributed by atoms with Gasteiger partial charge in [-0.05, 0) is 43.4 Å². The average molecular weight is 275 g/mol. The summed E-state index contributed by atoms with van der Waals surface area (Å²) < 4.78 is 0. The molecule has 0 aliphatic heterocycles. The van der Waals surface area contributed by atoms with Crippen LogP contribution >= 0.6 is 0 Å². The second kappa shape index (κ2) is 7.44. The summed E-state index contributed by atoms with van der Waals surface area (Å²) in [7, 11) is 0. The molecule has 110 valence electrons. The summed E-state index contributed by atoms with van der Waals surface area (Å²) in [5, 5.41) is 12.8. The number of aryl methyl sites for hydroxylation is 1. The molecule has 0 aromatic heterocycles. The molecular formula is C17H25NO2. The van der Waals surface area contributed by atoms with Gasteiger partial charge in [-0.1, -0.05) is 38.3 Å². The van der Waals surface area contributed by atoms with Crippen LogP contribution in [0.25, 0.3) is 0 Å². The van der Waals surface area contributed by atoms with E-state index in [0.717, 1.165) is 32.1 Å². The number of aliphatic hydroxyl groups excluding tert-OH is 1. The van der Waals surface area contributed by atoms with Crippen molar-refractivity contribution in [2.75, 3.05) is 0 Å². The predicted octanol–water partition coefficient (Wildman–Crippen LogP) is 3.06. The zero-order chi connectivity index (χ0) is 14.4. The van der Waals surface area contributed by atoms with E-state index in [1.807, 2.05) is 24.3 Å². The first kappa shape index (κ1) is 15.0. The maximum atomic E-state index is 12.2. The van der Waals surface area contributed by atoms with Crippen LogP contribution in [0.4, 0.5) is 0 Å². The summed E-state index contributed by atoms with van der Waals surface area (Å²) in [5.41, 5.74) is 1.96. The number of carbonyl (C=O) groups excluding carboxylic acids is 1. The van der Waals surface area contributed by atoms with Crippen LogP contribution in [0.1, 0.15) is 61.4 Å². The minimum atomic E-state index is -0.392. The SMILES string of the molecule is CCCCc1ccc(C(=O)N[C@H]2CCCC[C@@H]2O)cc1. The smallest absolute Gasteiger partial charge is 0.251 e. The van der Waals surface area contributed by atoms with Crippen molar-refractivity contribution < 1.29 is 9.90 Å². The summed E-state index contributed by atoms with van der Waals surface area (Å²) in [4.78, 5) is 12.2. The van der Waals surface area contributed by atoms with Gasteiger partial charge in [0.1, 0.15) is 0 Å². The van der Waals surface area contributed by atoms with E-state index in [0.29, 0.717) is 5.56 Å². The molecule has 0 saturated heterocycles. The van der Waals surface area contributed by atoms with Crippen LogP contribution in [0.3, 0.4) is 0 Å². The Kier molecular flexibility index (Phi) is 5.60. The number of carbonyl (C=O) groups is 1. The Morgan fingerprint density at radius 2 is 1.95 bits per heavy atom. The molecular weight excluding hydrogens is 250 g/mol. The number of hydrogen-bond donors (Lipinski definition) is 2. The lowest BCUT2D eigenvalue weighted by Crippen LogP contribution is -2.45. The molecule has 1 aromatic rings. The van der Waals surface area contributed by atoms with Crippen molar-refractivity contribution in [1.82, 2.24) is 5.32 Å². The highest BCUT2D eigenvalue weighted by Gasteiger charge is 2.24. The Morgan fingerprint density at radius 1 is 1.25 bits per heavy atom. The maximum Gasteiger partial charge on any atom is 0.251 e. The fourth-order valence-corrected chi connectivity index (χ4v) is 2.74. The van der Waals surface area contributed by atoms with Crippen LogP contribution in [-0.2, 0) is 6.42 Å². The van der Waals surface area contributed by atoms with E-state index in [9.17, 15) is 9.90 Å². The monoisotopic (exact) mass is 275 g/mol. The van der Waals surface area contributed by atoms with Crippen molar-refractivity contribution in [3.05, 3.63) is 35.4 Å². The first-order valence-electron chi connectivity index (χ1n) is 7.78. The van der Waals surface area contributed by atoms with E-state index in [4.69, 9.17) is 0 Å². The average Bonchev–Trinajstić information content (AvgIpc) is 2.48. The molecule has 3 heteroatoms. The van der Waals surface area contributed by atoms with Crippen LogP contribution in [0.15, 0.2) is 24.3 Å². The third kappa shape index (κ3) is 4.07. The molecule has 1 saturated carbocycles. The minimum Gasteiger partial charge on any atom is -0.391 e. The van der Waals surface area contributed by atoms with Crippen molar-refractivity contribution in [1.29, 1.82) is 0 Å². The number of benzene rings is 1. The van der Waals surface area contributed by atoms with Crippen LogP contribution < -0.4 is 5.32 Å². The lowest BCUT2D eigenvalue weighted by molar-refractivity contribution is 0.0717. The number of amides is 1. The summed E-state index contributed by atoms with van der Waals surface area (Å²) in [6, 6.07) is 7.74. The normalized spacial score (nSPS) is 22.5. The first-order chi connectivity index (χ1) is 9.70. The zero-order valence-corrected chi connectivity index (χ0v) is 12.3. The molecule has 1 aliphatic carbocycles. The van der Waals surface area contributed by atoms with Gasteiger partial charge in [-0.3, -0.25) is 4.79 Å². The second-order valence-electron chi connectivity index (χ2n) is 5.73. The molecule has 2 N–H and O–H groups in total. The number of unbranched alkanes of at least 4 members (excludes halogenated alkanes) is 1. The Balaban J connectivity index is 1.91. The molecule has 20 heavy (non-hydrogen) atoms. The van der Waals surface area contributed by atoms with Crippen molar-refractivity contribution >= 4 is 5.91 Å². The molecule has 1 aromatic carbocycles. The summed E-state index contributed by atoms with van der Waals surface area (Å²) in [6.07, 6.45) is 6.85. The van der Waals surface area contributed by atoms with Crippen LogP contribution in [-0.4, -0.2) is 23.2 Å². The molecule has 0 unspecified atom stereocenters. The zero-order valence-electron chi connectivity index (χ0n) is 12.3. The molecule has 2 rings (SSSR count). The third-order valence-corrected chi connectivity index (χ3v) is 4.08. The van der Waals surface area contributed by atoms with Crippen molar-refractivity contribution in [3.63, 3.8) is 0 Å². The minimum absolute atomic E-state index is 0.0713. The largest absolute Gasteiger partial charge is 0.391 e. The van der Waals surface area contributed by atoms with Gasteiger partial charge in [0, 0.05) is 5.56 Å². The number of aliphatic hydroxyl groups is 1. The van der Waals surface area contributed by atoms with Gasteiger partial charge in [0.2, 0.25) is 0 Å². The van der Waals surface area contributed by atoms with Gasteiger partial charge in [-0.15, -0.1) is 0 Å². The number of rotatable bonds is 5. The van der Waals surface area contributed by atoms with E-state index in [1.165, 1.54) is 18.4 Å². The van der Waals surface area contributed by atoms with Crippen molar-refractivity contribution in [2.45, 2.75) is 64.0 Å². The molecule has 1 aliphatic rings. The molecule has 0 spiro atoms. The topological polar surface area (TPSA) is 49.3 Å². The van der Waals surface area contributed by atoms with E-state index in [1.54, 1.807) is 0 Å². The Hall–Kier alpha value is -1.35. The summed E-state index contributed by atoms with van der Waals surface area (Å²) in [6.45, 7) is 2.18. The van der Waals surface area contributed by atoms with Gasteiger partial charge in [-0.2, -0.15) is 0 Å². The Morgan fingerprint density at radius 3 is 2.60 bits per heavy atom. The van der Waals surface area contributed by atoms with Gasteiger partial charge < -0.3 is 10.4 Å². The first-order valence-corrected chi connectivity index (χ1v) is 7.78.